The highest BCUT2D eigenvalue weighted by molar-refractivity contribution is 5.32. The Morgan fingerprint density at radius 3 is 3.05 bits per heavy atom. The number of ether oxygens (including phenoxy) is 1. The van der Waals surface area contributed by atoms with Crippen LogP contribution in [0.2, 0.25) is 0 Å². The van der Waals surface area contributed by atoms with Crippen LogP contribution in [0.3, 0.4) is 0 Å². The van der Waals surface area contributed by atoms with E-state index in [1.165, 1.54) is 0 Å². The first-order valence-electron chi connectivity index (χ1n) is 6.89. The standard InChI is InChI=1S/C14H23N3O2/c1-4-19-12-5-7-15-13(16-12)17-8-6-11(18)9-14(2,3)10-17/h5,7,11,18H,4,6,8-10H2,1-3H3/t11-/m0/s1. The zero-order valence-corrected chi connectivity index (χ0v) is 12.0. The summed E-state index contributed by atoms with van der Waals surface area (Å²) in [6, 6.07) is 1.77. The maximum Gasteiger partial charge on any atom is 0.228 e. The lowest BCUT2D eigenvalue weighted by Gasteiger charge is -2.29. The fourth-order valence-corrected chi connectivity index (χ4v) is 2.59. The van der Waals surface area contributed by atoms with Gasteiger partial charge in [-0.05, 0) is 25.2 Å². The molecule has 19 heavy (non-hydrogen) atoms. The highest BCUT2D eigenvalue weighted by atomic mass is 16.5. The van der Waals surface area contributed by atoms with E-state index in [1.807, 2.05) is 6.92 Å². The average Bonchev–Trinajstić information content (AvgIpc) is 2.47. The van der Waals surface area contributed by atoms with Crippen LogP contribution in [-0.2, 0) is 0 Å². The van der Waals surface area contributed by atoms with Crippen LogP contribution in [0.15, 0.2) is 12.3 Å². The van der Waals surface area contributed by atoms with Crippen LogP contribution < -0.4 is 9.64 Å². The van der Waals surface area contributed by atoms with Gasteiger partial charge in [0.05, 0.1) is 12.7 Å². The Labute approximate surface area is 114 Å². The van der Waals surface area contributed by atoms with Crippen molar-refractivity contribution in [2.45, 2.75) is 39.7 Å². The first-order valence-corrected chi connectivity index (χ1v) is 6.89. The van der Waals surface area contributed by atoms with Crippen LogP contribution in [0, 0.1) is 5.41 Å². The highest BCUT2D eigenvalue weighted by Crippen LogP contribution is 2.30. The van der Waals surface area contributed by atoms with E-state index in [0.29, 0.717) is 18.4 Å². The summed E-state index contributed by atoms with van der Waals surface area (Å²) >= 11 is 0. The van der Waals surface area contributed by atoms with E-state index >= 15 is 0 Å². The Balaban J connectivity index is 2.17. The van der Waals surface area contributed by atoms with Gasteiger partial charge in [0.2, 0.25) is 11.8 Å². The fourth-order valence-electron chi connectivity index (χ4n) is 2.59. The first kappa shape index (κ1) is 14.1. The largest absolute Gasteiger partial charge is 0.478 e. The summed E-state index contributed by atoms with van der Waals surface area (Å²) in [4.78, 5) is 10.9. The molecule has 1 aliphatic heterocycles. The van der Waals surface area contributed by atoms with E-state index in [1.54, 1.807) is 12.3 Å². The molecule has 1 aromatic heterocycles. The maximum absolute atomic E-state index is 9.94. The third-order valence-electron chi connectivity index (χ3n) is 3.33. The molecule has 0 amide bonds. The van der Waals surface area contributed by atoms with Crippen molar-refractivity contribution in [3.8, 4) is 5.88 Å². The van der Waals surface area contributed by atoms with Crippen LogP contribution in [0.1, 0.15) is 33.6 Å². The quantitative estimate of drug-likeness (QED) is 0.904. The van der Waals surface area contributed by atoms with E-state index in [2.05, 4.69) is 28.7 Å². The number of hydrogen-bond acceptors (Lipinski definition) is 5. The third-order valence-corrected chi connectivity index (χ3v) is 3.33. The molecule has 1 saturated heterocycles. The smallest absolute Gasteiger partial charge is 0.228 e. The molecule has 2 rings (SSSR count). The third kappa shape index (κ3) is 3.80. The van der Waals surface area contributed by atoms with Gasteiger partial charge in [-0.3, -0.25) is 0 Å². The lowest BCUT2D eigenvalue weighted by molar-refractivity contribution is 0.123. The van der Waals surface area contributed by atoms with Gasteiger partial charge >= 0.3 is 0 Å². The van der Waals surface area contributed by atoms with Gasteiger partial charge in [0.15, 0.2) is 0 Å². The second-order valence-corrected chi connectivity index (χ2v) is 5.86. The predicted octanol–water partition coefficient (Wildman–Crippen LogP) is 1.86. The van der Waals surface area contributed by atoms with Gasteiger partial charge in [-0.15, -0.1) is 0 Å². The number of aliphatic hydroxyl groups excluding tert-OH is 1. The molecule has 2 heterocycles. The Bertz CT molecular complexity index is 423. The van der Waals surface area contributed by atoms with Crippen LogP contribution in [0.5, 0.6) is 5.88 Å². The Morgan fingerprint density at radius 2 is 2.32 bits per heavy atom. The number of rotatable bonds is 3. The van der Waals surface area contributed by atoms with Crippen molar-refractivity contribution in [2.24, 2.45) is 5.41 Å². The second kappa shape index (κ2) is 5.74. The van der Waals surface area contributed by atoms with Gasteiger partial charge < -0.3 is 14.7 Å². The minimum atomic E-state index is -0.241. The molecule has 1 aliphatic rings. The van der Waals surface area contributed by atoms with E-state index in [0.717, 1.165) is 25.9 Å². The summed E-state index contributed by atoms with van der Waals surface area (Å²) in [7, 11) is 0. The Hall–Kier alpha value is -1.36. The molecule has 5 heteroatoms. The lowest BCUT2D eigenvalue weighted by Crippen LogP contribution is -2.34. The zero-order chi connectivity index (χ0) is 13.9. The number of hydrogen-bond donors (Lipinski definition) is 1. The van der Waals surface area contributed by atoms with E-state index in [4.69, 9.17) is 4.74 Å². The lowest BCUT2D eigenvalue weighted by atomic mass is 9.87. The summed E-state index contributed by atoms with van der Waals surface area (Å²) in [5.74, 6) is 1.29. The minimum absolute atomic E-state index is 0.0564. The van der Waals surface area contributed by atoms with Crippen molar-refractivity contribution >= 4 is 5.95 Å². The summed E-state index contributed by atoms with van der Waals surface area (Å²) in [6.07, 6.45) is 3.05. The summed E-state index contributed by atoms with van der Waals surface area (Å²) < 4.78 is 5.41. The van der Waals surface area contributed by atoms with Crippen molar-refractivity contribution in [1.82, 2.24) is 9.97 Å². The number of anilines is 1. The van der Waals surface area contributed by atoms with Crippen LogP contribution in [-0.4, -0.2) is 40.9 Å². The van der Waals surface area contributed by atoms with E-state index in [9.17, 15) is 5.11 Å². The molecule has 1 atom stereocenters. The molecule has 0 bridgehead atoms. The van der Waals surface area contributed by atoms with Gasteiger partial charge in [-0.25, -0.2) is 4.98 Å². The van der Waals surface area contributed by atoms with E-state index in [-0.39, 0.29) is 11.5 Å². The summed E-state index contributed by atoms with van der Waals surface area (Å²) in [5, 5.41) is 9.94. The molecule has 0 saturated carbocycles. The molecule has 0 spiro atoms. The molecule has 0 aliphatic carbocycles. The maximum atomic E-state index is 9.94. The molecule has 0 unspecified atom stereocenters. The topological polar surface area (TPSA) is 58.5 Å². The summed E-state index contributed by atoms with van der Waals surface area (Å²) in [5.41, 5.74) is 0.0564. The van der Waals surface area contributed by atoms with Gasteiger partial charge in [0.25, 0.3) is 0 Å². The molecule has 1 N–H and O–H groups in total. The number of aromatic nitrogens is 2. The number of aliphatic hydroxyl groups is 1. The average molecular weight is 265 g/mol. The molecular weight excluding hydrogens is 242 g/mol. The first-order chi connectivity index (χ1) is 9.00. The van der Waals surface area contributed by atoms with Crippen molar-refractivity contribution in [1.29, 1.82) is 0 Å². The SMILES string of the molecule is CCOc1ccnc(N2CC[C@H](O)CC(C)(C)C2)n1. The second-order valence-electron chi connectivity index (χ2n) is 5.86. The van der Waals surface area contributed by atoms with Gasteiger partial charge in [-0.1, -0.05) is 13.8 Å². The summed E-state index contributed by atoms with van der Waals surface area (Å²) in [6.45, 7) is 8.50. The predicted molar refractivity (Wildman–Crippen MR) is 74.4 cm³/mol. The molecule has 0 aromatic carbocycles. The minimum Gasteiger partial charge on any atom is -0.478 e. The van der Waals surface area contributed by atoms with Gasteiger partial charge in [0.1, 0.15) is 0 Å². The van der Waals surface area contributed by atoms with Crippen molar-refractivity contribution in [3.05, 3.63) is 12.3 Å². The van der Waals surface area contributed by atoms with E-state index < -0.39 is 0 Å². The normalized spacial score (nSPS) is 22.9. The molecule has 0 radical (unpaired) electrons. The molecule has 1 aromatic rings. The van der Waals surface area contributed by atoms with Crippen molar-refractivity contribution < 1.29 is 9.84 Å². The van der Waals surface area contributed by atoms with Gasteiger partial charge in [-0.2, -0.15) is 4.98 Å². The Kier molecular flexibility index (Phi) is 4.24. The molecule has 106 valence electrons. The highest BCUT2D eigenvalue weighted by Gasteiger charge is 2.30. The van der Waals surface area contributed by atoms with Crippen LogP contribution >= 0.6 is 0 Å². The number of nitrogens with zero attached hydrogens (tertiary/aromatic N) is 3. The van der Waals surface area contributed by atoms with Crippen molar-refractivity contribution in [2.75, 3.05) is 24.6 Å². The fraction of sp³-hybridized carbons (Fsp3) is 0.714. The Morgan fingerprint density at radius 1 is 1.53 bits per heavy atom. The monoisotopic (exact) mass is 265 g/mol. The molecule has 5 nitrogen and oxygen atoms in total. The molecule has 1 fully saturated rings. The van der Waals surface area contributed by atoms with Crippen LogP contribution in [0.25, 0.3) is 0 Å². The van der Waals surface area contributed by atoms with Crippen LogP contribution in [0.4, 0.5) is 5.95 Å². The zero-order valence-electron chi connectivity index (χ0n) is 12.0. The molecular formula is C14H23N3O2. The van der Waals surface area contributed by atoms with Crippen molar-refractivity contribution in [3.63, 3.8) is 0 Å². The van der Waals surface area contributed by atoms with Gasteiger partial charge in [0, 0.05) is 25.4 Å².